The number of nitrogens with zero attached hydrogens (tertiary/aromatic N) is 2. The van der Waals surface area contributed by atoms with E-state index in [4.69, 9.17) is 26.8 Å². The number of benzene rings is 2. The van der Waals surface area contributed by atoms with Crippen molar-refractivity contribution in [1.82, 2.24) is 0 Å². The van der Waals surface area contributed by atoms with Gasteiger partial charge in [0.2, 0.25) is 11.8 Å². The summed E-state index contributed by atoms with van der Waals surface area (Å²) in [7, 11) is 3.02. The third kappa shape index (κ3) is 3.40. The van der Waals surface area contributed by atoms with Gasteiger partial charge in [-0.2, -0.15) is 5.26 Å². The third-order valence-corrected chi connectivity index (χ3v) is 6.93. The first-order chi connectivity index (χ1) is 14.9. The van der Waals surface area contributed by atoms with Crippen LogP contribution in [0.5, 0.6) is 11.5 Å². The molecule has 0 bridgehead atoms. The fourth-order valence-electron chi connectivity index (χ4n) is 4.03. The Kier molecular flexibility index (Phi) is 5.56. The highest BCUT2D eigenvalue weighted by molar-refractivity contribution is 8.04. The van der Waals surface area contributed by atoms with Crippen LogP contribution < -0.4 is 20.1 Å². The van der Waals surface area contributed by atoms with Crippen LogP contribution in [0.1, 0.15) is 11.5 Å². The number of anilines is 1. The van der Waals surface area contributed by atoms with Gasteiger partial charge >= 0.3 is 0 Å². The molecule has 7 nitrogen and oxygen atoms in total. The van der Waals surface area contributed by atoms with E-state index in [9.17, 15) is 14.9 Å². The topological polar surface area (TPSA) is 106 Å². The monoisotopic (exact) mass is 455 g/mol. The van der Waals surface area contributed by atoms with Gasteiger partial charge in [-0.3, -0.25) is 9.59 Å². The molecule has 3 atom stereocenters. The van der Waals surface area contributed by atoms with Crippen molar-refractivity contribution in [2.75, 3.05) is 19.1 Å². The molecule has 0 aromatic heterocycles. The van der Waals surface area contributed by atoms with Crippen LogP contribution in [-0.4, -0.2) is 31.3 Å². The quantitative estimate of drug-likeness (QED) is 0.704. The Labute approximate surface area is 188 Å². The van der Waals surface area contributed by atoms with Crippen LogP contribution in [0.2, 0.25) is 5.02 Å². The van der Waals surface area contributed by atoms with Crippen molar-refractivity contribution in [3.63, 3.8) is 0 Å². The maximum absolute atomic E-state index is 13.5. The minimum Gasteiger partial charge on any atom is -0.493 e. The molecular weight excluding hydrogens is 438 g/mol. The summed E-state index contributed by atoms with van der Waals surface area (Å²) < 4.78 is 10.7. The number of thioether (sulfide) groups is 1. The molecule has 2 heterocycles. The second kappa shape index (κ2) is 8.17. The Balaban J connectivity index is 1.83. The zero-order valence-electron chi connectivity index (χ0n) is 16.7. The van der Waals surface area contributed by atoms with Crippen molar-refractivity contribution in [2.24, 2.45) is 11.7 Å². The molecule has 2 aromatic rings. The van der Waals surface area contributed by atoms with E-state index in [-0.39, 0.29) is 22.4 Å². The number of ether oxygens (including phenoxy) is 2. The lowest BCUT2D eigenvalue weighted by Gasteiger charge is -2.31. The van der Waals surface area contributed by atoms with Gasteiger partial charge in [-0.1, -0.05) is 29.4 Å². The number of amides is 2. The molecule has 1 fully saturated rings. The lowest BCUT2D eigenvalue weighted by atomic mass is 9.79. The smallest absolute Gasteiger partial charge is 0.248 e. The summed E-state index contributed by atoms with van der Waals surface area (Å²) in [6.45, 7) is 0. The average Bonchev–Trinajstić information content (AvgIpc) is 3.02. The lowest BCUT2D eigenvalue weighted by molar-refractivity contribution is -0.122. The van der Waals surface area contributed by atoms with E-state index in [0.717, 1.165) is 16.7 Å². The first kappa shape index (κ1) is 21.1. The molecule has 9 heteroatoms. The van der Waals surface area contributed by atoms with Gasteiger partial charge in [0.25, 0.3) is 0 Å². The first-order valence-corrected chi connectivity index (χ1v) is 10.6. The van der Waals surface area contributed by atoms with Gasteiger partial charge in [0.15, 0.2) is 11.5 Å². The number of methoxy groups -OCH3 is 2. The summed E-state index contributed by atoms with van der Waals surface area (Å²) in [6, 6.07) is 13.8. The molecular formula is C22H18ClN3O4S. The molecule has 0 saturated carbocycles. The van der Waals surface area contributed by atoms with Crippen molar-refractivity contribution in [3.8, 4) is 17.6 Å². The Bertz CT molecular complexity index is 1140. The van der Waals surface area contributed by atoms with Crippen LogP contribution in [0.15, 0.2) is 53.1 Å². The van der Waals surface area contributed by atoms with Gasteiger partial charge < -0.3 is 15.2 Å². The lowest BCUT2D eigenvalue weighted by Crippen LogP contribution is -2.33. The van der Waals surface area contributed by atoms with Crippen molar-refractivity contribution >= 4 is 40.9 Å². The van der Waals surface area contributed by atoms with Gasteiger partial charge in [0.1, 0.15) is 5.25 Å². The van der Waals surface area contributed by atoms with Crippen molar-refractivity contribution in [2.45, 2.75) is 11.2 Å². The van der Waals surface area contributed by atoms with E-state index >= 15 is 0 Å². The highest BCUT2D eigenvalue weighted by atomic mass is 35.5. The fourth-order valence-corrected chi connectivity index (χ4v) is 5.36. The number of allylic oxidation sites excluding steroid dienone is 1. The minimum absolute atomic E-state index is 0.239. The molecule has 31 heavy (non-hydrogen) atoms. The van der Waals surface area contributed by atoms with Crippen molar-refractivity contribution in [3.05, 3.63) is 63.7 Å². The zero-order chi connectivity index (χ0) is 22.3. The number of nitrogens with two attached hydrogens (primary N) is 1. The van der Waals surface area contributed by atoms with Gasteiger partial charge in [-0.15, -0.1) is 0 Å². The predicted molar refractivity (Wildman–Crippen MR) is 118 cm³/mol. The fraction of sp³-hybridized carbons (Fsp3) is 0.227. The second-order valence-electron chi connectivity index (χ2n) is 7.03. The minimum atomic E-state index is -0.784. The summed E-state index contributed by atoms with van der Waals surface area (Å²) in [5.74, 6) is -1.26. The van der Waals surface area contributed by atoms with E-state index in [2.05, 4.69) is 6.07 Å². The zero-order valence-corrected chi connectivity index (χ0v) is 18.2. The van der Waals surface area contributed by atoms with Crippen LogP contribution in [-0.2, 0) is 9.59 Å². The Morgan fingerprint density at radius 3 is 2.35 bits per heavy atom. The molecule has 0 radical (unpaired) electrons. The number of halogens is 1. The van der Waals surface area contributed by atoms with E-state index in [0.29, 0.717) is 27.8 Å². The van der Waals surface area contributed by atoms with Crippen LogP contribution in [0.4, 0.5) is 5.69 Å². The van der Waals surface area contributed by atoms with Gasteiger partial charge in [0.05, 0.1) is 42.5 Å². The van der Waals surface area contributed by atoms with Crippen LogP contribution >= 0.6 is 23.4 Å². The number of carbonyl (C=O) groups excluding carboxylic acids is 2. The molecule has 0 aliphatic carbocycles. The Morgan fingerprint density at radius 1 is 1.06 bits per heavy atom. The Morgan fingerprint density at radius 2 is 1.74 bits per heavy atom. The highest BCUT2D eigenvalue weighted by Crippen LogP contribution is 2.51. The summed E-state index contributed by atoms with van der Waals surface area (Å²) in [6.07, 6.45) is 0. The molecule has 2 amide bonds. The number of fused-ring (bicyclic) bond motifs is 1. The van der Waals surface area contributed by atoms with Crippen molar-refractivity contribution < 1.29 is 19.1 Å². The standard InChI is InChI=1S/C22H18ClN3O4S/c1-29-15-8-3-11(9-16(15)30-2)17-14(10-24)20(25)31-19-18(17)21(27)26(22(19)28)13-6-4-12(23)5-7-13/h3-9,17-19H,25H2,1-2H3. The summed E-state index contributed by atoms with van der Waals surface area (Å²) in [5.41, 5.74) is 7.51. The molecule has 2 aromatic carbocycles. The highest BCUT2D eigenvalue weighted by Gasteiger charge is 2.56. The molecule has 2 aliphatic rings. The van der Waals surface area contributed by atoms with Crippen molar-refractivity contribution in [1.29, 1.82) is 5.26 Å². The molecule has 1 saturated heterocycles. The predicted octanol–water partition coefficient (Wildman–Crippen LogP) is 3.44. The summed E-state index contributed by atoms with van der Waals surface area (Å²) >= 11 is 7.01. The van der Waals surface area contributed by atoms with Gasteiger partial charge in [0, 0.05) is 10.9 Å². The number of hydrogen-bond acceptors (Lipinski definition) is 7. The molecule has 2 aliphatic heterocycles. The van der Waals surface area contributed by atoms with Gasteiger partial charge in [-0.25, -0.2) is 4.90 Å². The number of rotatable bonds is 4. The number of imide groups is 1. The van der Waals surface area contributed by atoms with Crippen LogP contribution in [0.3, 0.4) is 0 Å². The molecule has 0 spiro atoms. The summed E-state index contributed by atoms with van der Waals surface area (Å²) in [4.78, 5) is 27.9. The van der Waals surface area contributed by atoms with Crippen LogP contribution in [0, 0.1) is 17.2 Å². The van der Waals surface area contributed by atoms with Crippen LogP contribution in [0.25, 0.3) is 0 Å². The Hall–Kier alpha value is -3.15. The summed E-state index contributed by atoms with van der Waals surface area (Å²) in [5, 5.41) is 9.82. The molecule has 158 valence electrons. The second-order valence-corrected chi connectivity index (χ2v) is 8.65. The molecule has 4 rings (SSSR count). The number of hydrogen-bond donors (Lipinski definition) is 1. The maximum atomic E-state index is 13.5. The SMILES string of the molecule is COc1ccc(C2C(C#N)=C(N)SC3C(=O)N(c4ccc(Cl)cc4)C(=O)C32)cc1OC. The van der Waals surface area contributed by atoms with E-state index in [1.54, 1.807) is 42.5 Å². The maximum Gasteiger partial charge on any atom is 0.248 e. The van der Waals surface area contributed by atoms with E-state index < -0.39 is 17.1 Å². The third-order valence-electron chi connectivity index (χ3n) is 5.46. The van der Waals surface area contributed by atoms with Gasteiger partial charge in [-0.05, 0) is 42.0 Å². The average molecular weight is 456 g/mol. The largest absolute Gasteiger partial charge is 0.493 e. The number of nitriles is 1. The molecule has 2 N–H and O–H groups in total. The van der Waals surface area contributed by atoms with E-state index in [1.807, 2.05) is 0 Å². The normalized spacial score (nSPS) is 22.9. The first-order valence-electron chi connectivity index (χ1n) is 9.33. The number of carbonyl (C=O) groups is 2. The molecule has 3 unspecified atom stereocenters. The van der Waals surface area contributed by atoms with E-state index in [1.165, 1.54) is 14.2 Å².